The summed E-state index contributed by atoms with van der Waals surface area (Å²) in [5, 5.41) is 2.37. The van der Waals surface area contributed by atoms with Gasteiger partial charge < -0.3 is 10.2 Å². The van der Waals surface area contributed by atoms with Gasteiger partial charge in [0.25, 0.3) is 5.91 Å². The highest BCUT2D eigenvalue weighted by Gasteiger charge is 2.14. The fourth-order valence-corrected chi connectivity index (χ4v) is 1.96. The summed E-state index contributed by atoms with van der Waals surface area (Å²) in [6, 6.07) is 9.57. The van der Waals surface area contributed by atoms with Crippen LogP contribution in [0.5, 0.6) is 0 Å². The molecule has 0 unspecified atom stereocenters. The van der Waals surface area contributed by atoms with Crippen molar-refractivity contribution in [1.82, 2.24) is 5.32 Å². The summed E-state index contributed by atoms with van der Waals surface area (Å²) in [6.45, 7) is -0.297. The van der Waals surface area contributed by atoms with Crippen molar-refractivity contribution in [1.29, 1.82) is 0 Å². The average molecular weight is 328 g/mol. The number of nitrogens with zero attached hydrogens (tertiary/aromatic N) is 1. The molecule has 0 saturated carbocycles. The molecule has 0 atom stereocenters. The third kappa shape index (κ3) is 3.96. The number of carbonyl (C=O) groups excluding carboxylic acids is 2. The van der Waals surface area contributed by atoms with E-state index in [1.54, 1.807) is 31.3 Å². The lowest BCUT2D eigenvalue weighted by atomic mass is 10.2. The highest BCUT2D eigenvalue weighted by atomic mass is 19.2. The fraction of sp³-hybridized carbons (Fsp3) is 0.111. The third-order valence-electron chi connectivity index (χ3n) is 3.36. The van der Waals surface area contributed by atoms with Crippen molar-refractivity contribution in [2.75, 3.05) is 18.5 Å². The largest absolute Gasteiger partial charge is 0.343 e. The van der Waals surface area contributed by atoms with E-state index in [4.69, 9.17) is 6.42 Å². The van der Waals surface area contributed by atoms with Gasteiger partial charge in [-0.05, 0) is 36.4 Å². The Morgan fingerprint density at radius 2 is 1.92 bits per heavy atom. The van der Waals surface area contributed by atoms with Gasteiger partial charge in [-0.3, -0.25) is 9.59 Å². The number of likely N-dealkylation sites (N-methyl/N-ethyl adjacent to an activating group) is 1. The van der Waals surface area contributed by atoms with Crippen molar-refractivity contribution in [2.24, 2.45) is 0 Å². The molecule has 0 heterocycles. The Hall–Kier alpha value is -3.20. The van der Waals surface area contributed by atoms with Crippen LogP contribution in [0.1, 0.15) is 15.9 Å². The number of hydrogen-bond donors (Lipinski definition) is 1. The number of carbonyl (C=O) groups is 2. The van der Waals surface area contributed by atoms with Crippen LogP contribution in [0.2, 0.25) is 0 Å². The summed E-state index contributed by atoms with van der Waals surface area (Å²) in [6.07, 6.45) is 5.31. The molecule has 2 amide bonds. The van der Waals surface area contributed by atoms with Crippen LogP contribution in [0.15, 0.2) is 42.5 Å². The smallest absolute Gasteiger partial charge is 0.251 e. The summed E-state index contributed by atoms with van der Waals surface area (Å²) in [5.74, 6) is -0.766. The van der Waals surface area contributed by atoms with Gasteiger partial charge in [0, 0.05) is 23.9 Å². The molecule has 0 spiro atoms. The first kappa shape index (κ1) is 17.2. The molecular formula is C18H14F2N2O2. The second-order valence-corrected chi connectivity index (χ2v) is 4.96. The molecule has 0 aliphatic heterocycles. The van der Waals surface area contributed by atoms with Crippen molar-refractivity contribution in [3.63, 3.8) is 0 Å². The maximum absolute atomic E-state index is 13.1. The van der Waals surface area contributed by atoms with Gasteiger partial charge in [0.2, 0.25) is 5.91 Å². The molecule has 0 fully saturated rings. The Kier molecular flexibility index (Phi) is 5.27. The number of benzene rings is 2. The maximum Gasteiger partial charge on any atom is 0.251 e. The molecule has 2 rings (SSSR count). The second-order valence-electron chi connectivity index (χ2n) is 4.96. The molecule has 0 aliphatic rings. The molecule has 0 radical (unpaired) electrons. The van der Waals surface area contributed by atoms with Gasteiger partial charge in [-0.25, -0.2) is 8.78 Å². The number of anilines is 1. The molecule has 1 N–H and O–H groups in total. The van der Waals surface area contributed by atoms with Crippen LogP contribution in [0.3, 0.4) is 0 Å². The molecule has 2 aromatic rings. The van der Waals surface area contributed by atoms with Crippen molar-refractivity contribution in [3.05, 3.63) is 65.2 Å². The lowest BCUT2D eigenvalue weighted by Crippen LogP contribution is -2.38. The van der Waals surface area contributed by atoms with E-state index in [0.717, 1.165) is 18.2 Å². The van der Waals surface area contributed by atoms with Gasteiger partial charge in [-0.15, -0.1) is 6.42 Å². The quantitative estimate of drug-likeness (QED) is 0.876. The first-order chi connectivity index (χ1) is 11.4. The summed E-state index contributed by atoms with van der Waals surface area (Å²) < 4.78 is 26.0. The van der Waals surface area contributed by atoms with Crippen LogP contribution < -0.4 is 10.2 Å². The summed E-state index contributed by atoms with van der Waals surface area (Å²) >= 11 is 0. The summed E-state index contributed by atoms with van der Waals surface area (Å²) in [4.78, 5) is 25.3. The van der Waals surface area contributed by atoms with Gasteiger partial charge in [-0.1, -0.05) is 12.0 Å². The molecule has 6 heteroatoms. The molecular weight excluding hydrogens is 314 g/mol. The zero-order valence-electron chi connectivity index (χ0n) is 12.8. The molecule has 0 aromatic heterocycles. The highest BCUT2D eigenvalue weighted by Crippen LogP contribution is 2.14. The Bertz CT molecular complexity index is 828. The van der Waals surface area contributed by atoms with Crippen LogP contribution in [0, 0.1) is 24.0 Å². The van der Waals surface area contributed by atoms with Crippen LogP contribution in [0.25, 0.3) is 0 Å². The van der Waals surface area contributed by atoms with E-state index in [9.17, 15) is 18.4 Å². The van der Waals surface area contributed by atoms with Crippen LogP contribution in [0.4, 0.5) is 14.5 Å². The highest BCUT2D eigenvalue weighted by molar-refractivity contribution is 6.00. The summed E-state index contributed by atoms with van der Waals surface area (Å²) in [7, 11) is 1.54. The zero-order chi connectivity index (χ0) is 17.7. The number of halogens is 2. The first-order valence-electron chi connectivity index (χ1n) is 6.99. The van der Waals surface area contributed by atoms with E-state index in [-0.39, 0.29) is 18.0 Å². The van der Waals surface area contributed by atoms with Crippen LogP contribution >= 0.6 is 0 Å². The van der Waals surface area contributed by atoms with Crippen LogP contribution in [-0.4, -0.2) is 25.4 Å². The minimum absolute atomic E-state index is 0.0707. The molecule has 24 heavy (non-hydrogen) atoms. The molecule has 0 aliphatic carbocycles. The Balaban J connectivity index is 2.00. The maximum atomic E-state index is 13.1. The lowest BCUT2D eigenvalue weighted by Gasteiger charge is -2.18. The van der Waals surface area contributed by atoms with Gasteiger partial charge in [0.15, 0.2) is 11.6 Å². The van der Waals surface area contributed by atoms with E-state index in [1.807, 2.05) is 0 Å². The number of amides is 2. The number of terminal acetylenes is 1. The summed E-state index contributed by atoms with van der Waals surface area (Å²) in [5.41, 5.74) is 1.13. The topological polar surface area (TPSA) is 49.4 Å². The van der Waals surface area contributed by atoms with E-state index >= 15 is 0 Å². The first-order valence-corrected chi connectivity index (χ1v) is 6.99. The Morgan fingerprint density at radius 3 is 2.58 bits per heavy atom. The molecule has 4 nitrogen and oxygen atoms in total. The SMILES string of the molecule is C#Cc1cccc(N(C)C(=O)CNC(=O)c2ccc(F)c(F)c2)c1. The van der Waals surface area contributed by atoms with Crippen molar-refractivity contribution >= 4 is 17.5 Å². The predicted molar refractivity (Wildman–Crippen MR) is 86.5 cm³/mol. The molecule has 122 valence electrons. The van der Waals surface area contributed by atoms with E-state index in [1.165, 1.54) is 4.90 Å². The zero-order valence-corrected chi connectivity index (χ0v) is 12.8. The minimum Gasteiger partial charge on any atom is -0.343 e. The Morgan fingerprint density at radius 1 is 1.17 bits per heavy atom. The molecule has 0 bridgehead atoms. The minimum atomic E-state index is -1.13. The fourth-order valence-electron chi connectivity index (χ4n) is 1.96. The van der Waals surface area contributed by atoms with Gasteiger partial charge in [0.05, 0.1) is 6.54 Å². The van der Waals surface area contributed by atoms with Gasteiger partial charge in [0.1, 0.15) is 0 Å². The standard InChI is InChI=1S/C18H14F2N2O2/c1-3-12-5-4-6-14(9-12)22(2)17(23)11-21-18(24)13-7-8-15(19)16(20)10-13/h1,4-10H,11H2,2H3,(H,21,24). The average Bonchev–Trinajstić information content (AvgIpc) is 2.61. The van der Waals surface area contributed by atoms with Crippen molar-refractivity contribution in [3.8, 4) is 12.3 Å². The van der Waals surface area contributed by atoms with Gasteiger partial charge >= 0.3 is 0 Å². The third-order valence-corrected chi connectivity index (χ3v) is 3.36. The van der Waals surface area contributed by atoms with E-state index < -0.39 is 17.5 Å². The normalized spacial score (nSPS) is 9.92. The van der Waals surface area contributed by atoms with E-state index in [0.29, 0.717) is 11.3 Å². The molecule has 0 saturated heterocycles. The monoisotopic (exact) mass is 328 g/mol. The van der Waals surface area contributed by atoms with Gasteiger partial charge in [-0.2, -0.15) is 0 Å². The van der Waals surface area contributed by atoms with Crippen LogP contribution in [-0.2, 0) is 4.79 Å². The second kappa shape index (κ2) is 7.38. The van der Waals surface area contributed by atoms with E-state index in [2.05, 4.69) is 11.2 Å². The Labute approximate surface area is 138 Å². The van der Waals surface area contributed by atoms with Crippen molar-refractivity contribution in [2.45, 2.75) is 0 Å². The number of rotatable bonds is 4. The molecule has 2 aromatic carbocycles. The predicted octanol–water partition coefficient (Wildman–Crippen LogP) is 2.34. The lowest BCUT2D eigenvalue weighted by molar-refractivity contribution is -0.117. The number of hydrogen-bond acceptors (Lipinski definition) is 2. The van der Waals surface area contributed by atoms with Crippen molar-refractivity contribution < 1.29 is 18.4 Å². The number of nitrogens with one attached hydrogen (secondary N) is 1.